The molecule has 102 valence electrons. The van der Waals surface area contributed by atoms with Gasteiger partial charge in [0.05, 0.1) is 22.8 Å². The third-order valence-electron chi connectivity index (χ3n) is 2.42. The van der Waals surface area contributed by atoms with Crippen LogP contribution in [-0.2, 0) is 9.84 Å². The molecule has 0 aliphatic carbocycles. The van der Waals surface area contributed by atoms with Gasteiger partial charge >= 0.3 is 0 Å². The van der Waals surface area contributed by atoms with Crippen LogP contribution in [0.25, 0.3) is 0 Å². The van der Waals surface area contributed by atoms with E-state index in [2.05, 4.69) is 5.32 Å². The molecule has 0 amide bonds. The van der Waals surface area contributed by atoms with Gasteiger partial charge < -0.3 is 16.8 Å². The molecule has 0 spiro atoms. The number of halogens is 2. The van der Waals surface area contributed by atoms with Crippen LogP contribution in [0.4, 0.5) is 21.5 Å². The Labute approximate surface area is 110 Å². The molecular weight excluding hydrogens is 281 g/mol. The topological polar surface area (TPSA) is 98.2 Å². The van der Waals surface area contributed by atoms with Crippen LogP contribution in [0, 0.1) is 5.82 Å². The highest BCUT2D eigenvalue weighted by Crippen LogP contribution is 2.33. The van der Waals surface area contributed by atoms with Crippen LogP contribution in [0.3, 0.4) is 0 Å². The lowest BCUT2D eigenvalue weighted by Gasteiger charge is -2.12. The van der Waals surface area contributed by atoms with Gasteiger partial charge in [0.2, 0.25) is 0 Å². The predicted molar refractivity (Wildman–Crippen MR) is 73.1 cm³/mol. The number of hydrogen-bond donors (Lipinski definition) is 3. The van der Waals surface area contributed by atoms with Crippen molar-refractivity contribution in [3.05, 3.63) is 16.9 Å². The monoisotopic (exact) mass is 295 g/mol. The molecule has 5 nitrogen and oxygen atoms in total. The number of rotatable bonds is 5. The van der Waals surface area contributed by atoms with Crippen LogP contribution >= 0.6 is 11.6 Å². The molecule has 0 aliphatic rings. The fourth-order valence-corrected chi connectivity index (χ4v) is 2.17. The number of nitrogen functional groups attached to an aromatic ring is 2. The molecule has 0 radical (unpaired) electrons. The summed E-state index contributed by atoms with van der Waals surface area (Å²) in [4.78, 5) is 0. The van der Waals surface area contributed by atoms with Crippen LogP contribution < -0.4 is 16.8 Å². The molecule has 1 rings (SSSR count). The van der Waals surface area contributed by atoms with Crippen LogP contribution in [0.15, 0.2) is 6.07 Å². The highest BCUT2D eigenvalue weighted by Gasteiger charge is 2.15. The van der Waals surface area contributed by atoms with Crippen LogP contribution in [0.1, 0.15) is 6.92 Å². The molecule has 5 N–H and O–H groups in total. The van der Waals surface area contributed by atoms with Crippen molar-refractivity contribution < 1.29 is 12.8 Å². The van der Waals surface area contributed by atoms with Gasteiger partial charge in [-0.05, 0) is 6.07 Å². The van der Waals surface area contributed by atoms with E-state index in [4.69, 9.17) is 23.1 Å². The summed E-state index contributed by atoms with van der Waals surface area (Å²) in [6, 6.07) is 1.32. The molecule has 0 saturated carbocycles. The standard InChI is InChI=1S/C10H15ClFN3O2S/c1-2-18(16,17)4-3-15-10-7(14)5-6(13)8(11)9(10)12/h5,15H,2-4,13-14H2,1H3. The Hall–Kier alpha value is -1.21. The molecular formula is C10H15ClFN3O2S. The van der Waals surface area contributed by atoms with E-state index in [0.717, 1.165) is 0 Å². The predicted octanol–water partition coefficient (Wildman–Crippen LogP) is 1.49. The van der Waals surface area contributed by atoms with E-state index in [1.807, 2.05) is 0 Å². The Morgan fingerprint density at radius 2 is 2.00 bits per heavy atom. The van der Waals surface area contributed by atoms with E-state index in [1.54, 1.807) is 6.92 Å². The summed E-state index contributed by atoms with van der Waals surface area (Å²) in [6.07, 6.45) is 0. The molecule has 0 heterocycles. The first-order chi connectivity index (χ1) is 8.28. The zero-order chi connectivity index (χ0) is 13.9. The Bertz CT molecular complexity index is 549. The summed E-state index contributed by atoms with van der Waals surface area (Å²) in [5, 5.41) is 2.39. The van der Waals surface area contributed by atoms with E-state index in [-0.39, 0.29) is 40.1 Å². The minimum absolute atomic E-state index is 0.0273. The molecule has 18 heavy (non-hydrogen) atoms. The van der Waals surface area contributed by atoms with Gasteiger partial charge in [-0.1, -0.05) is 18.5 Å². The van der Waals surface area contributed by atoms with Gasteiger partial charge in [0.15, 0.2) is 15.7 Å². The van der Waals surface area contributed by atoms with Gasteiger partial charge in [0.25, 0.3) is 0 Å². The van der Waals surface area contributed by atoms with E-state index in [1.165, 1.54) is 6.07 Å². The summed E-state index contributed by atoms with van der Waals surface area (Å²) >= 11 is 5.64. The first-order valence-electron chi connectivity index (χ1n) is 5.25. The summed E-state index contributed by atoms with van der Waals surface area (Å²) in [5.41, 5.74) is 11.1. The zero-order valence-electron chi connectivity index (χ0n) is 9.83. The van der Waals surface area contributed by atoms with Gasteiger partial charge in [0, 0.05) is 12.3 Å². The molecule has 0 fully saturated rings. The van der Waals surface area contributed by atoms with Gasteiger partial charge in [0.1, 0.15) is 5.02 Å². The van der Waals surface area contributed by atoms with E-state index in [0.29, 0.717) is 0 Å². The van der Waals surface area contributed by atoms with Crippen molar-refractivity contribution in [2.75, 3.05) is 34.8 Å². The Kier molecular flexibility index (Phi) is 4.64. The zero-order valence-corrected chi connectivity index (χ0v) is 11.4. The van der Waals surface area contributed by atoms with Crippen molar-refractivity contribution in [3.63, 3.8) is 0 Å². The number of sulfone groups is 1. The summed E-state index contributed by atoms with van der Waals surface area (Å²) < 4.78 is 36.3. The first kappa shape index (κ1) is 14.8. The maximum atomic E-state index is 13.7. The third-order valence-corrected chi connectivity index (χ3v) is 4.51. The maximum Gasteiger partial charge on any atom is 0.169 e. The minimum atomic E-state index is -3.12. The van der Waals surface area contributed by atoms with Crippen molar-refractivity contribution in [3.8, 4) is 0 Å². The molecule has 0 unspecified atom stereocenters. The molecule has 0 aromatic heterocycles. The normalized spacial score (nSPS) is 11.5. The fraction of sp³-hybridized carbons (Fsp3) is 0.400. The van der Waals surface area contributed by atoms with Crippen molar-refractivity contribution in [1.29, 1.82) is 0 Å². The van der Waals surface area contributed by atoms with Crippen LogP contribution in [-0.4, -0.2) is 26.5 Å². The third kappa shape index (κ3) is 3.39. The summed E-state index contributed by atoms with van der Waals surface area (Å²) in [7, 11) is -3.12. The number of anilines is 3. The van der Waals surface area contributed by atoms with Crippen molar-refractivity contribution in [2.24, 2.45) is 0 Å². The van der Waals surface area contributed by atoms with Gasteiger partial charge in [-0.15, -0.1) is 0 Å². The van der Waals surface area contributed by atoms with Crippen molar-refractivity contribution >= 4 is 38.5 Å². The number of hydrogen-bond acceptors (Lipinski definition) is 5. The number of benzene rings is 1. The lowest BCUT2D eigenvalue weighted by Crippen LogP contribution is -2.18. The van der Waals surface area contributed by atoms with Gasteiger partial charge in [-0.2, -0.15) is 0 Å². The van der Waals surface area contributed by atoms with Crippen molar-refractivity contribution in [2.45, 2.75) is 6.92 Å². The number of nitrogens with one attached hydrogen (secondary N) is 1. The van der Waals surface area contributed by atoms with Gasteiger partial charge in [-0.3, -0.25) is 0 Å². The quantitative estimate of drug-likeness (QED) is 0.715. The second-order valence-electron chi connectivity index (χ2n) is 3.72. The van der Waals surface area contributed by atoms with Gasteiger partial charge in [-0.25, -0.2) is 12.8 Å². The highest BCUT2D eigenvalue weighted by atomic mass is 35.5. The SMILES string of the molecule is CCS(=O)(=O)CCNc1c(N)cc(N)c(Cl)c1F. The molecule has 0 aliphatic heterocycles. The summed E-state index contributed by atoms with van der Waals surface area (Å²) in [6.45, 7) is 1.60. The molecule has 1 aromatic rings. The van der Waals surface area contributed by atoms with Crippen LogP contribution in [0.5, 0.6) is 0 Å². The molecule has 1 aromatic carbocycles. The minimum Gasteiger partial charge on any atom is -0.397 e. The second kappa shape index (κ2) is 5.62. The maximum absolute atomic E-state index is 13.7. The Morgan fingerprint density at radius 1 is 1.39 bits per heavy atom. The van der Waals surface area contributed by atoms with E-state index >= 15 is 0 Å². The second-order valence-corrected chi connectivity index (χ2v) is 6.57. The first-order valence-corrected chi connectivity index (χ1v) is 7.45. The Morgan fingerprint density at radius 3 is 2.56 bits per heavy atom. The molecule has 8 heteroatoms. The van der Waals surface area contributed by atoms with Crippen LogP contribution in [0.2, 0.25) is 5.02 Å². The average molecular weight is 296 g/mol. The lowest BCUT2D eigenvalue weighted by molar-refractivity contribution is 0.597. The molecule has 0 bridgehead atoms. The average Bonchev–Trinajstić information content (AvgIpc) is 2.31. The highest BCUT2D eigenvalue weighted by molar-refractivity contribution is 7.91. The summed E-state index contributed by atoms with van der Waals surface area (Å²) in [5.74, 6) is -0.845. The van der Waals surface area contributed by atoms with Crippen molar-refractivity contribution in [1.82, 2.24) is 0 Å². The smallest absolute Gasteiger partial charge is 0.169 e. The lowest BCUT2D eigenvalue weighted by atomic mass is 10.2. The largest absolute Gasteiger partial charge is 0.397 e. The molecule has 0 saturated heterocycles. The molecule has 0 atom stereocenters. The van der Waals surface area contributed by atoms with E-state index < -0.39 is 15.7 Å². The fourth-order valence-electron chi connectivity index (χ4n) is 1.32. The Balaban J connectivity index is 2.84. The number of nitrogens with two attached hydrogens (primary N) is 2. The van der Waals surface area contributed by atoms with E-state index in [9.17, 15) is 12.8 Å².